The molecule has 0 saturated heterocycles. The second-order valence-corrected chi connectivity index (χ2v) is 4.75. The van der Waals surface area contributed by atoms with Crippen molar-refractivity contribution in [2.75, 3.05) is 12.4 Å². The molecular formula is C11H15BrN2O. The molecule has 0 unspecified atom stereocenters. The Morgan fingerprint density at radius 3 is 2.80 bits per heavy atom. The van der Waals surface area contributed by atoms with E-state index < -0.39 is 0 Å². The van der Waals surface area contributed by atoms with Crippen molar-refractivity contribution >= 4 is 21.6 Å². The van der Waals surface area contributed by atoms with Crippen LogP contribution in [0, 0.1) is 6.92 Å². The first-order valence-electron chi connectivity index (χ1n) is 5.11. The van der Waals surface area contributed by atoms with Gasteiger partial charge in [0.1, 0.15) is 4.60 Å². The first-order chi connectivity index (χ1) is 7.19. The summed E-state index contributed by atoms with van der Waals surface area (Å²) in [5, 5.41) is 3.47. The van der Waals surface area contributed by atoms with Gasteiger partial charge in [0.2, 0.25) is 0 Å². The Morgan fingerprint density at radius 1 is 1.47 bits per heavy atom. The molecule has 0 bridgehead atoms. The number of methoxy groups -OCH3 is 1. The Balaban J connectivity index is 1.94. The quantitative estimate of drug-likeness (QED) is 0.858. The van der Waals surface area contributed by atoms with Gasteiger partial charge in [0.25, 0.3) is 0 Å². The first kappa shape index (κ1) is 10.9. The van der Waals surface area contributed by atoms with E-state index in [-0.39, 0.29) is 0 Å². The van der Waals surface area contributed by atoms with Crippen LogP contribution in [0.25, 0.3) is 0 Å². The van der Waals surface area contributed by atoms with Gasteiger partial charge in [-0.3, -0.25) is 0 Å². The normalized spacial score (nSPS) is 24.7. The standard InChI is InChI=1S/C11H15BrN2O/c1-7-10(3-4-11(12)13-7)14-8-5-9(6-8)15-2/h3-4,8-9,14H,5-6H2,1-2H3. The van der Waals surface area contributed by atoms with E-state index in [0.29, 0.717) is 12.1 Å². The number of rotatable bonds is 3. The third-order valence-corrected chi connectivity index (χ3v) is 3.28. The highest BCUT2D eigenvalue weighted by atomic mass is 79.9. The van der Waals surface area contributed by atoms with Gasteiger partial charge in [0.05, 0.1) is 17.5 Å². The molecule has 0 radical (unpaired) electrons. The Bertz CT molecular complexity index is 350. The maximum atomic E-state index is 5.24. The van der Waals surface area contributed by atoms with E-state index in [9.17, 15) is 0 Å². The second-order valence-electron chi connectivity index (χ2n) is 3.94. The highest BCUT2D eigenvalue weighted by molar-refractivity contribution is 9.10. The van der Waals surface area contributed by atoms with Crippen molar-refractivity contribution in [1.29, 1.82) is 0 Å². The van der Waals surface area contributed by atoms with Crippen LogP contribution < -0.4 is 5.32 Å². The molecule has 1 heterocycles. The molecule has 15 heavy (non-hydrogen) atoms. The molecule has 1 N–H and O–H groups in total. The minimum atomic E-state index is 0.436. The summed E-state index contributed by atoms with van der Waals surface area (Å²) in [6.45, 7) is 2.01. The van der Waals surface area contributed by atoms with Crippen molar-refractivity contribution in [1.82, 2.24) is 4.98 Å². The Kier molecular flexibility index (Phi) is 3.26. The SMILES string of the molecule is COC1CC(Nc2ccc(Br)nc2C)C1. The van der Waals surface area contributed by atoms with Gasteiger partial charge in [-0.2, -0.15) is 0 Å². The van der Waals surface area contributed by atoms with Crippen molar-refractivity contribution in [2.24, 2.45) is 0 Å². The van der Waals surface area contributed by atoms with Crippen LogP contribution >= 0.6 is 15.9 Å². The maximum absolute atomic E-state index is 5.24. The van der Waals surface area contributed by atoms with Gasteiger partial charge in [-0.15, -0.1) is 0 Å². The average molecular weight is 271 g/mol. The van der Waals surface area contributed by atoms with E-state index in [1.54, 1.807) is 7.11 Å². The summed E-state index contributed by atoms with van der Waals surface area (Å²) in [7, 11) is 1.77. The van der Waals surface area contributed by atoms with Crippen molar-refractivity contribution in [3.05, 3.63) is 22.4 Å². The summed E-state index contributed by atoms with van der Waals surface area (Å²) >= 11 is 3.36. The number of ether oxygens (including phenoxy) is 1. The molecule has 0 aromatic carbocycles. The van der Waals surface area contributed by atoms with E-state index in [1.165, 1.54) is 0 Å². The fourth-order valence-electron chi connectivity index (χ4n) is 1.78. The van der Waals surface area contributed by atoms with Gasteiger partial charge in [0.15, 0.2) is 0 Å². The highest BCUT2D eigenvalue weighted by Crippen LogP contribution is 2.27. The lowest BCUT2D eigenvalue weighted by molar-refractivity contribution is 0.0328. The van der Waals surface area contributed by atoms with Crippen molar-refractivity contribution in [2.45, 2.75) is 31.9 Å². The zero-order chi connectivity index (χ0) is 10.8. The minimum absolute atomic E-state index is 0.436. The molecule has 2 rings (SSSR count). The number of aromatic nitrogens is 1. The summed E-state index contributed by atoms with van der Waals surface area (Å²) in [5.41, 5.74) is 2.16. The number of aryl methyl sites for hydroxylation is 1. The van der Waals surface area contributed by atoms with Crippen LogP contribution in [0.2, 0.25) is 0 Å². The number of hydrogen-bond donors (Lipinski definition) is 1. The largest absolute Gasteiger partial charge is 0.381 e. The molecule has 3 nitrogen and oxygen atoms in total. The number of hydrogen-bond acceptors (Lipinski definition) is 3. The number of anilines is 1. The highest BCUT2D eigenvalue weighted by Gasteiger charge is 2.28. The molecule has 1 fully saturated rings. The molecule has 0 amide bonds. The van der Waals surface area contributed by atoms with Gasteiger partial charge in [0, 0.05) is 13.2 Å². The number of pyridine rings is 1. The molecule has 0 spiro atoms. The zero-order valence-corrected chi connectivity index (χ0v) is 10.5. The Hall–Kier alpha value is -0.610. The molecule has 1 aromatic rings. The zero-order valence-electron chi connectivity index (χ0n) is 8.96. The molecular weight excluding hydrogens is 256 g/mol. The minimum Gasteiger partial charge on any atom is -0.381 e. The topological polar surface area (TPSA) is 34.1 Å². The lowest BCUT2D eigenvalue weighted by Gasteiger charge is -2.35. The third-order valence-electron chi connectivity index (χ3n) is 2.84. The number of halogens is 1. The summed E-state index contributed by atoms with van der Waals surface area (Å²) in [4.78, 5) is 4.35. The van der Waals surface area contributed by atoms with E-state index in [2.05, 4.69) is 32.3 Å². The maximum Gasteiger partial charge on any atom is 0.106 e. The van der Waals surface area contributed by atoms with Crippen LogP contribution in [0.3, 0.4) is 0 Å². The average Bonchev–Trinajstić information content (AvgIpc) is 2.13. The van der Waals surface area contributed by atoms with E-state index in [1.807, 2.05) is 13.0 Å². The van der Waals surface area contributed by atoms with Crippen LogP contribution in [-0.4, -0.2) is 24.2 Å². The van der Waals surface area contributed by atoms with Gasteiger partial charge < -0.3 is 10.1 Å². The summed E-state index contributed by atoms with van der Waals surface area (Å²) in [5.74, 6) is 0. The molecule has 0 atom stereocenters. The summed E-state index contributed by atoms with van der Waals surface area (Å²) in [6.07, 6.45) is 2.61. The van der Waals surface area contributed by atoms with Crippen LogP contribution in [-0.2, 0) is 4.74 Å². The fraction of sp³-hybridized carbons (Fsp3) is 0.545. The molecule has 1 saturated carbocycles. The van der Waals surface area contributed by atoms with Gasteiger partial charge in [-0.05, 0) is 47.8 Å². The van der Waals surface area contributed by atoms with E-state index in [0.717, 1.165) is 28.8 Å². The third kappa shape index (κ3) is 2.49. The lowest BCUT2D eigenvalue weighted by Crippen LogP contribution is -2.40. The smallest absolute Gasteiger partial charge is 0.106 e. The first-order valence-corrected chi connectivity index (χ1v) is 5.91. The monoisotopic (exact) mass is 270 g/mol. The van der Waals surface area contributed by atoms with Crippen LogP contribution in [0.5, 0.6) is 0 Å². The van der Waals surface area contributed by atoms with Gasteiger partial charge >= 0.3 is 0 Å². The van der Waals surface area contributed by atoms with Crippen LogP contribution in [0.1, 0.15) is 18.5 Å². The van der Waals surface area contributed by atoms with Crippen LogP contribution in [0.15, 0.2) is 16.7 Å². The molecule has 1 aliphatic rings. The summed E-state index contributed by atoms with van der Waals surface area (Å²) in [6, 6.07) is 4.56. The fourth-order valence-corrected chi connectivity index (χ4v) is 2.18. The van der Waals surface area contributed by atoms with Crippen molar-refractivity contribution in [3.8, 4) is 0 Å². The molecule has 0 aliphatic heterocycles. The van der Waals surface area contributed by atoms with E-state index >= 15 is 0 Å². The molecule has 1 aromatic heterocycles. The molecule has 82 valence electrons. The predicted octanol–water partition coefficient (Wildman–Crippen LogP) is 2.74. The van der Waals surface area contributed by atoms with Gasteiger partial charge in [-0.25, -0.2) is 4.98 Å². The predicted molar refractivity (Wildman–Crippen MR) is 64.1 cm³/mol. The summed E-state index contributed by atoms with van der Waals surface area (Å²) < 4.78 is 6.12. The Labute approximate surface area is 98.4 Å². The molecule has 1 aliphatic carbocycles. The molecule has 4 heteroatoms. The van der Waals surface area contributed by atoms with Crippen molar-refractivity contribution < 1.29 is 4.74 Å². The second kappa shape index (κ2) is 4.49. The Morgan fingerprint density at radius 2 is 2.20 bits per heavy atom. The number of nitrogens with zero attached hydrogens (tertiary/aromatic N) is 1. The van der Waals surface area contributed by atoms with Crippen LogP contribution in [0.4, 0.5) is 5.69 Å². The van der Waals surface area contributed by atoms with Crippen molar-refractivity contribution in [3.63, 3.8) is 0 Å². The van der Waals surface area contributed by atoms with Gasteiger partial charge in [-0.1, -0.05) is 0 Å². The lowest BCUT2D eigenvalue weighted by atomic mass is 9.89. The number of nitrogens with one attached hydrogen (secondary N) is 1. The van der Waals surface area contributed by atoms with E-state index in [4.69, 9.17) is 4.74 Å².